The van der Waals surface area contributed by atoms with Gasteiger partial charge in [0, 0.05) is 18.8 Å². The van der Waals surface area contributed by atoms with E-state index in [4.69, 9.17) is 5.11 Å². The number of aromatic amines is 1. The molecule has 1 aromatic rings. The summed E-state index contributed by atoms with van der Waals surface area (Å²) < 4.78 is 0. The lowest BCUT2D eigenvalue weighted by molar-refractivity contribution is -0.140. The largest absolute Gasteiger partial charge is 0.481 e. The normalized spacial score (nSPS) is 18.6. The molecular weight excluding hydrogens is 258 g/mol. The van der Waals surface area contributed by atoms with Crippen LogP contribution >= 0.6 is 0 Å². The molecule has 6 heteroatoms. The number of aromatic nitrogens is 2. The van der Waals surface area contributed by atoms with Crippen LogP contribution in [0.1, 0.15) is 57.3 Å². The van der Waals surface area contributed by atoms with Crippen molar-refractivity contribution in [3.05, 3.63) is 18.2 Å². The van der Waals surface area contributed by atoms with Gasteiger partial charge in [-0.15, -0.1) is 0 Å². The van der Waals surface area contributed by atoms with Crippen LogP contribution < -0.4 is 5.32 Å². The molecule has 6 nitrogen and oxygen atoms in total. The van der Waals surface area contributed by atoms with Crippen molar-refractivity contribution in [3.8, 4) is 0 Å². The molecule has 0 spiro atoms. The number of amides is 1. The number of carbonyl (C=O) groups is 2. The Morgan fingerprint density at radius 2 is 2.15 bits per heavy atom. The summed E-state index contributed by atoms with van der Waals surface area (Å²) in [6.07, 6.45) is 7.37. The molecule has 0 aliphatic heterocycles. The standard InChI is InChI=1S/C14H21N3O3/c1-10(13-15-6-7-16-13)17-11(18)8-14(9-12(19)20)4-2-3-5-14/h6-7,10H,2-5,8-9H2,1H3,(H,15,16)(H,17,18)(H,19,20). The predicted octanol–water partition coefficient (Wildman–Crippen LogP) is 2.01. The molecule has 110 valence electrons. The van der Waals surface area contributed by atoms with E-state index in [0.717, 1.165) is 25.7 Å². The zero-order chi connectivity index (χ0) is 14.6. The van der Waals surface area contributed by atoms with Crippen molar-refractivity contribution in [1.29, 1.82) is 0 Å². The van der Waals surface area contributed by atoms with Gasteiger partial charge in [0.2, 0.25) is 5.91 Å². The van der Waals surface area contributed by atoms with E-state index in [9.17, 15) is 9.59 Å². The van der Waals surface area contributed by atoms with Gasteiger partial charge in [-0.3, -0.25) is 9.59 Å². The van der Waals surface area contributed by atoms with E-state index in [2.05, 4.69) is 15.3 Å². The maximum Gasteiger partial charge on any atom is 0.303 e. The lowest BCUT2D eigenvalue weighted by Gasteiger charge is -2.27. The Kier molecular flexibility index (Phi) is 4.42. The van der Waals surface area contributed by atoms with Crippen molar-refractivity contribution in [3.63, 3.8) is 0 Å². The van der Waals surface area contributed by atoms with E-state index >= 15 is 0 Å². The highest BCUT2D eigenvalue weighted by Crippen LogP contribution is 2.44. The van der Waals surface area contributed by atoms with Crippen LogP contribution in [0.4, 0.5) is 0 Å². The first kappa shape index (κ1) is 14.6. The lowest BCUT2D eigenvalue weighted by Crippen LogP contribution is -2.33. The minimum atomic E-state index is -0.821. The number of nitrogens with zero attached hydrogens (tertiary/aromatic N) is 1. The highest BCUT2D eigenvalue weighted by molar-refractivity contribution is 5.78. The van der Waals surface area contributed by atoms with Crippen LogP contribution in [0.2, 0.25) is 0 Å². The molecule has 0 radical (unpaired) electrons. The lowest BCUT2D eigenvalue weighted by atomic mass is 9.79. The smallest absolute Gasteiger partial charge is 0.303 e. The average molecular weight is 279 g/mol. The van der Waals surface area contributed by atoms with Crippen LogP contribution in [0.25, 0.3) is 0 Å². The zero-order valence-corrected chi connectivity index (χ0v) is 11.7. The first-order chi connectivity index (χ1) is 9.51. The summed E-state index contributed by atoms with van der Waals surface area (Å²) in [4.78, 5) is 30.2. The second kappa shape index (κ2) is 6.07. The fraction of sp³-hybridized carbons (Fsp3) is 0.643. The highest BCUT2D eigenvalue weighted by atomic mass is 16.4. The Morgan fingerprint density at radius 3 is 2.70 bits per heavy atom. The number of imidazole rings is 1. The Balaban J connectivity index is 1.93. The summed E-state index contributed by atoms with van der Waals surface area (Å²) in [5.41, 5.74) is -0.362. The average Bonchev–Trinajstić information content (AvgIpc) is 2.98. The Labute approximate surface area is 118 Å². The number of carbonyl (C=O) groups excluding carboxylic acids is 1. The van der Waals surface area contributed by atoms with E-state index in [1.165, 1.54) is 0 Å². The molecule has 1 atom stereocenters. The van der Waals surface area contributed by atoms with Crippen molar-refractivity contribution < 1.29 is 14.7 Å². The molecule has 1 unspecified atom stereocenters. The number of H-pyrrole nitrogens is 1. The van der Waals surface area contributed by atoms with Crippen molar-refractivity contribution >= 4 is 11.9 Å². The third-order valence-corrected chi connectivity index (χ3v) is 4.03. The number of hydrogen-bond donors (Lipinski definition) is 3. The molecule has 1 aliphatic rings. The summed E-state index contributed by atoms with van der Waals surface area (Å²) in [6, 6.07) is -0.194. The van der Waals surface area contributed by atoms with Gasteiger partial charge in [-0.25, -0.2) is 4.98 Å². The van der Waals surface area contributed by atoms with Gasteiger partial charge in [0.25, 0.3) is 0 Å². The zero-order valence-electron chi connectivity index (χ0n) is 11.7. The van der Waals surface area contributed by atoms with Gasteiger partial charge in [-0.1, -0.05) is 12.8 Å². The van der Waals surface area contributed by atoms with Crippen molar-refractivity contribution in [2.75, 3.05) is 0 Å². The molecule has 3 N–H and O–H groups in total. The molecule has 2 rings (SSSR count). The molecule has 1 heterocycles. The Bertz CT molecular complexity index is 464. The molecule has 0 bridgehead atoms. The first-order valence-corrected chi connectivity index (χ1v) is 7.01. The van der Waals surface area contributed by atoms with E-state index in [-0.39, 0.29) is 30.2 Å². The van der Waals surface area contributed by atoms with Gasteiger partial charge >= 0.3 is 5.97 Å². The maximum atomic E-state index is 12.1. The summed E-state index contributed by atoms with van der Waals surface area (Å²) >= 11 is 0. The Morgan fingerprint density at radius 1 is 1.45 bits per heavy atom. The van der Waals surface area contributed by atoms with Crippen molar-refractivity contribution in [2.45, 2.75) is 51.5 Å². The molecule has 1 amide bonds. The van der Waals surface area contributed by atoms with E-state index < -0.39 is 5.97 Å². The summed E-state index contributed by atoms with van der Waals surface area (Å²) in [7, 11) is 0. The van der Waals surface area contributed by atoms with Gasteiger partial charge in [-0.05, 0) is 25.2 Å². The fourth-order valence-electron chi connectivity index (χ4n) is 3.08. The van der Waals surface area contributed by atoms with Gasteiger partial charge < -0.3 is 15.4 Å². The summed E-state index contributed by atoms with van der Waals surface area (Å²) in [5, 5.41) is 11.9. The van der Waals surface area contributed by atoms with Crippen LogP contribution in [0.5, 0.6) is 0 Å². The van der Waals surface area contributed by atoms with Crippen LogP contribution in [0, 0.1) is 5.41 Å². The molecular formula is C14H21N3O3. The van der Waals surface area contributed by atoms with E-state index in [1.54, 1.807) is 12.4 Å². The Hall–Kier alpha value is -1.85. The molecule has 0 saturated heterocycles. The molecule has 20 heavy (non-hydrogen) atoms. The van der Waals surface area contributed by atoms with E-state index in [1.807, 2.05) is 6.92 Å². The first-order valence-electron chi connectivity index (χ1n) is 7.01. The second-order valence-corrected chi connectivity index (χ2v) is 5.72. The number of rotatable bonds is 6. The SMILES string of the molecule is CC(NC(=O)CC1(CC(=O)O)CCCC1)c1ncc[nH]1. The van der Waals surface area contributed by atoms with Gasteiger partial charge in [0.1, 0.15) is 5.82 Å². The van der Waals surface area contributed by atoms with Crippen molar-refractivity contribution in [2.24, 2.45) is 5.41 Å². The maximum absolute atomic E-state index is 12.1. The third kappa shape index (κ3) is 3.59. The van der Waals surface area contributed by atoms with Crippen LogP contribution in [0.15, 0.2) is 12.4 Å². The second-order valence-electron chi connectivity index (χ2n) is 5.72. The number of carboxylic acids is 1. The number of hydrogen-bond acceptors (Lipinski definition) is 3. The van der Waals surface area contributed by atoms with Gasteiger partial charge in [0.05, 0.1) is 12.5 Å². The molecule has 1 aromatic heterocycles. The van der Waals surface area contributed by atoms with Crippen LogP contribution in [-0.4, -0.2) is 27.0 Å². The molecule has 1 fully saturated rings. The quantitative estimate of drug-likeness (QED) is 0.742. The predicted molar refractivity (Wildman–Crippen MR) is 72.9 cm³/mol. The molecule has 0 aromatic carbocycles. The third-order valence-electron chi connectivity index (χ3n) is 4.03. The van der Waals surface area contributed by atoms with Gasteiger partial charge in [-0.2, -0.15) is 0 Å². The molecule has 1 saturated carbocycles. The van der Waals surface area contributed by atoms with Gasteiger partial charge in [0.15, 0.2) is 0 Å². The topological polar surface area (TPSA) is 95.1 Å². The fourth-order valence-corrected chi connectivity index (χ4v) is 3.08. The number of nitrogens with one attached hydrogen (secondary N) is 2. The monoisotopic (exact) mass is 279 g/mol. The minimum absolute atomic E-state index is 0.0789. The number of carboxylic acid groups (broad SMARTS) is 1. The molecule has 1 aliphatic carbocycles. The van der Waals surface area contributed by atoms with Crippen LogP contribution in [0.3, 0.4) is 0 Å². The van der Waals surface area contributed by atoms with Crippen molar-refractivity contribution in [1.82, 2.24) is 15.3 Å². The highest BCUT2D eigenvalue weighted by Gasteiger charge is 2.38. The minimum Gasteiger partial charge on any atom is -0.481 e. The summed E-state index contributed by atoms with van der Waals surface area (Å²) in [5.74, 6) is -0.215. The summed E-state index contributed by atoms with van der Waals surface area (Å²) in [6.45, 7) is 1.86. The van der Waals surface area contributed by atoms with Crippen LogP contribution in [-0.2, 0) is 9.59 Å². The number of aliphatic carboxylic acids is 1. The van der Waals surface area contributed by atoms with E-state index in [0.29, 0.717) is 5.82 Å².